The number of fused-ring (bicyclic) bond motifs is 1. The van der Waals surface area contributed by atoms with Gasteiger partial charge in [-0.15, -0.1) is 0 Å². The van der Waals surface area contributed by atoms with Crippen molar-refractivity contribution >= 4 is 5.69 Å². The van der Waals surface area contributed by atoms with Crippen molar-refractivity contribution in [1.29, 1.82) is 0 Å². The summed E-state index contributed by atoms with van der Waals surface area (Å²) in [4.78, 5) is 0. The molecule has 0 bridgehead atoms. The SMILES string of the molecule is COc1ccc(C2CCCc3cc(O)ccc3C2)c(N)c1. The molecule has 21 heavy (non-hydrogen) atoms. The van der Waals surface area contributed by atoms with Crippen LogP contribution in [0, 0.1) is 0 Å². The molecule has 0 radical (unpaired) electrons. The van der Waals surface area contributed by atoms with Crippen LogP contribution in [0.3, 0.4) is 0 Å². The Bertz CT molecular complexity index is 652. The molecule has 3 nitrogen and oxygen atoms in total. The van der Waals surface area contributed by atoms with E-state index in [2.05, 4.69) is 6.07 Å². The Morgan fingerprint density at radius 2 is 2.00 bits per heavy atom. The molecule has 0 heterocycles. The highest BCUT2D eigenvalue weighted by Crippen LogP contribution is 2.36. The van der Waals surface area contributed by atoms with Gasteiger partial charge in [-0.05, 0) is 66.5 Å². The Kier molecular flexibility index (Phi) is 3.74. The monoisotopic (exact) mass is 283 g/mol. The smallest absolute Gasteiger partial charge is 0.120 e. The molecule has 0 fully saturated rings. The minimum absolute atomic E-state index is 0.358. The molecule has 1 aliphatic carbocycles. The van der Waals surface area contributed by atoms with Crippen LogP contribution in [0.4, 0.5) is 5.69 Å². The van der Waals surface area contributed by atoms with Gasteiger partial charge in [-0.2, -0.15) is 0 Å². The minimum Gasteiger partial charge on any atom is -0.508 e. The summed E-state index contributed by atoms with van der Waals surface area (Å²) in [5.74, 6) is 1.59. The Morgan fingerprint density at radius 1 is 1.14 bits per heavy atom. The number of benzene rings is 2. The molecule has 110 valence electrons. The van der Waals surface area contributed by atoms with Crippen LogP contribution in [0.5, 0.6) is 11.5 Å². The molecule has 3 heteroatoms. The maximum absolute atomic E-state index is 9.63. The van der Waals surface area contributed by atoms with Gasteiger partial charge >= 0.3 is 0 Å². The highest BCUT2D eigenvalue weighted by atomic mass is 16.5. The molecule has 2 aromatic carbocycles. The van der Waals surface area contributed by atoms with Gasteiger partial charge in [0.1, 0.15) is 11.5 Å². The molecule has 3 rings (SSSR count). The van der Waals surface area contributed by atoms with Gasteiger partial charge in [-0.1, -0.05) is 12.1 Å². The predicted molar refractivity (Wildman–Crippen MR) is 84.9 cm³/mol. The molecule has 0 saturated heterocycles. The first kappa shape index (κ1) is 13.8. The van der Waals surface area contributed by atoms with Crippen LogP contribution in [0.2, 0.25) is 0 Å². The topological polar surface area (TPSA) is 55.5 Å². The molecule has 1 atom stereocenters. The second kappa shape index (κ2) is 5.68. The number of phenolic OH excluding ortho intramolecular Hbond substituents is 1. The van der Waals surface area contributed by atoms with Crippen LogP contribution in [0.1, 0.15) is 35.4 Å². The maximum Gasteiger partial charge on any atom is 0.120 e. The highest BCUT2D eigenvalue weighted by Gasteiger charge is 2.20. The van der Waals surface area contributed by atoms with E-state index in [1.807, 2.05) is 24.3 Å². The average Bonchev–Trinajstić information content (AvgIpc) is 2.68. The van der Waals surface area contributed by atoms with Crippen LogP contribution in [0.15, 0.2) is 36.4 Å². The summed E-state index contributed by atoms with van der Waals surface area (Å²) in [6.07, 6.45) is 4.24. The number of rotatable bonds is 2. The lowest BCUT2D eigenvalue weighted by molar-refractivity contribution is 0.414. The van der Waals surface area contributed by atoms with Gasteiger partial charge in [-0.3, -0.25) is 0 Å². The van der Waals surface area contributed by atoms with Crippen LogP contribution in [0.25, 0.3) is 0 Å². The largest absolute Gasteiger partial charge is 0.508 e. The quantitative estimate of drug-likeness (QED) is 0.653. The number of ether oxygens (including phenoxy) is 1. The molecule has 2 aromatic rings. The van der Waals surface area contributed by atoms with E-state index in [4.69, 9.17) is 10.5 Å². The van der Waals surface area contributed by atoms with Crippen molar-refractivity contribution in [3.05, 3.63) is 53.1 Å². The van der Waals surface area contributed by atoms with E-state index < -0.39 is 0 Å². The molecule has 1 unspecified atom stereocenters. The third kappa shape index (κ3) is 2.82. The van der Waals surface area contributed by atoms with Crippen LogP contribution in [-0.2, 0) is 12.8 Å². The van der Waals surface area contributed by atoms with Gasteiger partial charge in [-0.25, -0.2) is 0 Å². The van der Waals surface area contributed by atoms with Gasteiger partial charge in [0.15, 0.2) is 0 Å². The Balaban J connectivity index is 1.91. The zero-order chi connectivity index (χ0) is 14.8. The predicted octanol–water partition coefficient (Wildman–Crippen LogP) is 3.65. The van der Waals surface area contributed by atoms with Crippen molar-refractivity contribution in [2.24, 2.45) is 0 Å². The zero-order valence-electron chi connectivity index (χ0n) is 12.3. The lowest BCUT2D eigenvalue weighted by atomic mass is 9.89. The standard InChI is InChI=1S/C18H21NO2/c1-21-16-7-8-17(18(19)11-16)14-4-2-3-12-10-15(20)6-5-13(12)9-14/h5-8,10-11,14,20H,2-4,9,19H2,1H3. The fourth-order valence-electron chi connectivity index (χ4n) is 3.27. The summed E-state index contributed by atoms with van der Waals surface area (Å²) in [5, 5.41) is 9.63. The van der Waals surface area contributed by atoms with Crippen LogP contribution < -0.4 is 10.5 Å². The van der Waals surface area contributed by atoms with Crippen LogP contribution in [-0.4, -0.2) is 12.2 Å². The summed E-state index contributed by atoms with van der Waals surface area (Å²) in [7, 11) is 1.66. The minimum atomic E-state index is 0.358. The maximum atomic E-state index is 9.63. The Morgan fingerprint density at radius 3 is 2.76 bits per heavy atom. The van der Waals surface area contributed by atoms with Crippen molar-refractivity contribution in [2.45, 2.75) is 31.6 Å². The lowest BCUT2D eigenvalue weighted by Gasteiger charge is -2.18. The first-order valence-corrected chi connectivity index (χ1v) is 7.41. The molecular formula is C18H21NO2. The second-order valence-corrected chi connectivity index (χ2v) is 5.74. The van der Waals surface area contributed by atoms with E-state index in [9.17, 15) is 5.11 Å². The fourth-order valence-corrected chi connectivity index (χ4v) is 3.27. The van der Waals surface area contributed by atoms with Crippen molar-refractivity contribution < 1.29 is 9.84 Å². The zero-order valence-corrected chi connectivity index (χ0v) is 12.3. The van der Waals surface area contributed by atoms with Crippen molar-refractivity contribution in [3.63, 3.8) is 0 Å². The molecule has 0 spiro atoms. The van der Waals surface area contributed by atoms with E-state index in [0.29, 0.717) is 11.7 Å². The number of nitrogen functional groups attached to an aromatic ring is 1. The second-order valence-electron chi connectivity index (χ2n) is 5.74. The number of aryl methyl sites for hydroxylation is 1. The van der Waals surface area contributed by atoms with Crippen molar-refractivity contribution in [1.82, 2.24) is 0 Å². The van der Waals surface area contributed by atoms with E-state index in [1.54, 1.807) is 13.2 Å². The highest BCUT2D eigenvalue weighted by molar-refractivity contribution is 5.53. The molecular weight excluding hydrogens is 262 g/mol. The van der Waals surface area contributed by atoms with Gasteiger partial charge in [0.25, 0.3) is 0 Å². The number of nitrogens with two attached hydrogens (primary N) is 1. The molecule has 0 saturated carbocycles. The van der Waals surface area contributed by atoms with Gasteiger partial charge in [0.05, 0.1) is 7.11 Å². The molecule has 0 aliphatic heterocycles. The summed E-state index contributed by atoms with van der Waals surface area (Å²) >= 11 is 0. The average molecular weight is 283 g/mol. The van der Waals surface area contributed by atoms with E-state index in [1.165, 1.54) is 16.7 Å². The molecule has 3 N–H and O–H groups in total. The van der Waals surface area contributed by atoms with E-state index in [0.717, 1.165) is 37.1 Å². The summed E-state index contributed by atoms with van der Waals surface area (Å²) in [5.41, 5.74) is 10.8. The lowest BCUT2D eigenvalue weighted by Crippen LogP contribution is -2.05. The Labute approximate surface area is 125 Å². The van der Waals surface area contributed by atoms with Crippen LogP contribution >= 0.6 is 0 Å². The summed E-state index contributed by atoms with van der Waals surface area (Å²) < 4.78 is 5.22. The first-order valence-electron chi connectivity index (χ1n) is 7.41. The normalized spacial score (nSPS) is 17.9. The van der Waals surface area contributed by atoms with Gasteiger partial charge < -0.3 is 15.6 Å². The first-order chi connectivity index (χ1) is 10.2. The van der Waals surface area contributed by atoms with E-state index in [-0.39, 0.29) is 0 Å². The molecule has 1 aliphatic rings. The Hall–Kier alpha value is -2.16. The number of aromatic hydroxyl groups is 1. The number of methoxy groups -OCH3 is 1. The third-order valence-electron chi connectivity index (χ3n) is 4.39. The van der Waals surface area contributed by atoms with E-state index >= 15 is 0 Å². The summed E-state index contributed by atoms with van der Waals surface area (Å²) in [6, 6.07) is 11.7. The third-order valence-corrected chi connectivity index (χ3v) is 4.39. The number of anilines is 1. The summed E-state index contributed by atoms with van der Waals surface area (Å²) in [6.45, 7) is 0. The van der Waals surface area contributed by atoms with Crippen molar-refractivity contribution in [2.75, 3.05) is 12.8 Å². The number of phenols is 1. The number of hydrogen-bond donors (Lipinski definition) is 2. The van der Waals surface area contributed by atoms with Gasteiger partial charge in [0, 0.05) is 11.8 Å². The van der Waals surface area contributed by atoms with Gasteiger partial charge in [0.2, 0.25) is 0 Å². The fraction of sp³-hybridized carbons (Fsp3) is 0.333. The molecule has 0 aromatic heterocycles. The molecule has 0 amide bonds. The number of hydrogen-bond acceptors (Lipinski definition) is 3. The van der Waals surface area contributed by atoms with Crippen molar-refractivity contribution in [3.8, 4) is 11.5 Å².